The van der Waals surface area contributed by atoms with Gasteiger partial charge in [-0.25, -0.2) is 4.79 Å². The van der Waals surface area contributed by atoms with Gasteiger partial charge in [0.2, 0.25) is 5.91 Å². The van der Waals surface area contributed by atoms with E-state index in [1.165, 1.54) is 16.2 Å². The van der Waals surface area contributed by atoms with Crippen LogP contribution in [0.15, 0.2) is 16.8 Å². The van der Waals surface area contributed by atoms with E-state index in [4.69, 9.17) is 5.11 Å². The number of hydrogen-bond acceptors (Lipinski definition) is 4. The summed E-state index contributed by atoms with van der Waals surface area (Å²) in [5.74, 6) is -1.23. The van der Waals surface area contributed by atoms with Crippen molar-refractivity contribution in [3.8, 4) is 0 Å². The number of carboxylic acids is 1. The highest BCUT2D eigenvalue weighted by Gasteiger charge is 2.33. The van der Waals surface area contributed by atoms with Gasteiger partial charge in [0.25, 0.3) is 5.91 Å². The Labute approximate surface area is 126 Å². The molecule has 7 heteroatoms. The molecule has 2 heterocycles. The van der Waals surface area contributed by atoms with Crippen LogP contribution < -0.4 is 5.32 Å². The average Bonchev–Trinajstić information content (AvgIpc) is 3.12. The number of nitrogens with one attached hydrogen (secondary N) is 1. The molecule has 21 heavy (non-hydrogen) atoms. The molecule has 1 fully saturated rings. The summed E-state index contributed by atoms with van der Waals surface area (Å²) in [7, 11) is 0. The van der Waals surface area contributed by atoms with E-state index in [9.17, 15) is 14.4 Å². The first-order chi connectivity index (χ1) is 10.1. The molecule has 1 aliphatic rings. The molecule has 6 nitrogen and oxygen atoms in total. The molecular weight excluding hydrogens is 292 g/mol. The van der Waals surface area contributed by atoms with E-state index in [-0.39, 0.29) is 18.2 Å². The van der Waals surface area contributed by atoms with Gasteiger partial charge in [-0.05, 0) is 30.7 Å². The van der Waals surface area contributed by atoms with Gasteiger partial charge in [0, 0.05) is 30.5 Å². The van der Waals surface area contributed by atoms with E-state index < -0.39 is 12.0 Å². The largest absolute Gasteiger partial charge is 0.480 e. The highest BCUT2D eigenvalue weighted by atomic mass is 32.1. The van der Waals surface area contributed by atoms with E-state index in [1.807, 2.05) is 5.38 Å². The van der Waals surface area contributed by atoms with Crippen LogP contribution in [-0.2, 0) is 9.59 Å². The minimum absolute atomic E-state index is 0.145. The summed E-state index contributed by atoms with van der Waals surface area (Å²) < 4.78 is 0. The van der Waals surface area contributed by atoms with Gasteiger partial charge in [0.05, 0.1) is 0 Å². The number of thiophene rings is 1. The topological polar surface area (TPSA) is 86.7 Å². The van der Waals surface area contributed by atoms with Crippen LogP contribution in [0.2, 0.25) is 0 Å². The third kappa shape index (κ3) is 4.04. The van der Waals surface area contributed by atoms with Crippen molar-refractivity contribution in [3.63, 3.8) is 0 Å². The number of carboxylic acid groups (broad SMARTS) is 1. The summed E-state index contributed by atoms with van der Waals surface area (Å²) >= 11 is 1.45. The van der Waals surface area contributed by atoms with Gasteiger partial charge < -0.3 is 15.3 Å². The molecule has 0 unspecified atom stereocenters. The van der Waals surface area contributed by atoms with Crippen molar-refractivity contribution in [2.24, 2.45) is 0 Å². The smallest absolute Gasteiger partial charge is 0.326 e. The zero-order chi connectivity index (χ0) is 15.2. The lowest BCUT2D eigenvalue weighted by molar-refractivity contribution is -0.148. The van der Waals surface area contributed by atoms with Crippen LogP contribution in [-0.4, -0.2) is 46.9 Å². The standard InChI is InChI=1S/C14H18N2O4S/c17-12(16-7-2-3-11(16)14(19)20)4-1-6-15-13(18)10-5-8-21-9-10/h5,8-9,11H,1-4,6-7H2,(H,15,18)(H,19,20)/t11-/m0/s1. The van der Waals surface area contributed by atoms with Gasteiger partial charge in [-0.15, -0.1) is 0 Å². The fraction of sp³-hybridized carbons (Fsp3) is 0.500. The monoisotopic (exact) mass is 310 g/mol. The van der Waals surface area contributed by atoms with E-state index in [0.29, 0.717) is 31.5 Å². The first-order valence-corrected chi connectivity index (χ1v) is 7.86. The Morgan fingerprint density at radius 3 is 2.90 bits per heavy atom. The molecule has 0 spiro atoms. The Balaban J connectivity index is 1.70. The molecule has 0 aromatic carbocycles. The summed E-state index contributed by atoms with van der Waals surface area (Å²) in [6, 6.07) is 1.06. The van der Waals surface area contributed by atoms with Gasteiger partial charge in [0.1, 0.15) is 6.04 Å². The van der Waals surface area contributed by atoms with Crippen LogP contribution in [0.5, 0.6) is 0 Å². The number of carbonyl (C=O) groups is 3. The van der Waals surface area contributed by atoms with Gasteiger partial charge in [-0.2, -0.15) is 11.3 Å². The quantitative estimate of drug-likeness (QED) is 0.776. The van der Waals surface area contributed by atoms with Gasteiger partial charge in [-0.1, -0.05) is 0 Å². The molecule has 1 atom stereocenters. The Kier molecular flexibility index (Phi) is 5.32. The minimum Gasteiger partial charge on any atom is -0.480 e. The Bertz CT molecular complexity index is 515. The zero-order valence-electron chi connectivity index (χ0n) is 11.6. The third-order valence-corrected chi connectivity index (χ3v) is 4.18. The third-order valence-electron chi connectivity index (χ3n) is 3.49. The molecule has 0 bridgehead atoms. The fourth-order valence-electron chi connectivity index (χ4n) is 2.40. The van der Waals surface area contributed by atoms with Crippen molar-refractivity contribution in [2.45, 2.75) is 31.7 Å². The van der Waals surface area contributed by atoms with E-state index >= 15 is 0 Å². The van der Waals surface area contributed by atoms with Crippen molar-refractivity contribution >= 4 is 29.1 Å². The minimum atomic E-state index is -0.938. The number of rotatable bonds is 6. The molecule has 114 valence electrons. The SMILES string of the molecule is O=C(NCCCC(=O)N1CCC[C@H]1C(=O)O)c1ccsc1. The van der Waals surface area contributed by atoms with Crippen molar-refractivity contribution in [2.75, 3.05) is 13.1 Å². The van der Waals surface area contributed by atoms with Crippen molar-refractivity contribution in [1.82, 2.24) is 10.2 Å². The molecule has 1 aliphatic heterocycles. The molecular formula is C14H18N2O4S. The van der Waals surface area contributed by atoms with E-state index in [0.717, 1.165) is 6.42 Å². The summed E-state index contributed by atoms with van der Waals surface area (Å²) in [5, 5.41) is 15.4. The van der Waals surface area contributed by atoms with Crippen LogP contribution in [0.25, 0.3) is 0 Å². The van der Waals surface area contributed by atoms with Crippen LogP contribution in [0.3, 0.4) is 0 Å². The summed E-state index contributed by atoms with van der Waals surface area (Å²) in [6.07, 6.45) is 2.03. The fourth-order valence-corrected chi connectivity index (χ4v) is 3.04. The van der Waals surface area contributed by atoms with Crippen molar-refractivity contribution < 1.29 is 19.5 Å². The molecule has 2 N–H and O–H groups in total. The second kappa shape index (κ2) is 7.21. The number of nitrogens with zero attached hydrogens (tertiary/aromatic N) is 1. The molecule has 1 aromatic rings. The van der Waals surface area contributed by atoms with Crippen LogP contribution in [0, 0.1) is 0 Å². The number of aliphatic carboxylic acids is 1. The lowest BCUT2D eigenvalue weighted by Crippen LogP contribution is -2.40. The van der Waals surface area contributed by atoms with E-state index in [1.54, 1.807) is 11.4 Å². The van der Waals surface area contributed by atoms with E-state index in [2.05, 4.69) is 5.32 Å². The van der Waals surface area contributed by atoms with Crippen LogP contribution in [0.1, 0.15) is 36.0 Å². The first kappa shape index (κ1) is 15.5. The van der Waals surface area contributed by atoms with Gasteiger partial charge in [-0.3, -0.25) is 9.59 Å². The summed E-state index contributed by atoms with van der Waals surface area (Å²) in [4.78, 5) is 36.1. The second-order valence-electron chi connectivity index (χ2n) is 4.95. The maximum absolute atomic E-state index is 12.0. The maximum atomic E-state index is 12.0. The predicted octanol–water partition coefficient (Wildman–Crippen LogP) is 1.33. The number of amides is 2. The van der Waals surface area contributed by atoms with Gasteiger partial charge in [0.15, 0.2) is 0 Å². The lowest BCUT2D eigenvalue weighted by Gasteiger charge is -2.21. The maximum Gasteiger partial charge on any atom is 0.326 e. The number of likely N-dealkylation sites (tertiary alicyclic amines) is 1. The lowest BCUT2D eigenvalue weighted by atomic mass is 10.2. The first-order valence-electron chi connectivity index (χ1n) is 6.92. The summed E-state index contributed by atoms with van der Waals surface area (Å²) in [6.45, 7) is 0.920. The number of carbonyl (C=O) groups excluding carboxylic acids is 2. The Morgan fingerprint density at radius 2 is 2.24 bits per heavy atom. The van der Waals surface area contributed by atoms with Crippen LogP contribution >= 0.6 is 11.3 Å². The second-order valence-corrected chi connectivity index (χ2v) is 5.73. The molecule has 1 aromatic heterocycles. The molecule has 0 saturated carbocycles. The predicted molar refractivity (Wildman–Crippen MR) is 78.3 cm³/mol. The molecule has 1 saturated heterocycles. The highest BCUT2D eigenvalue weighted by Crippen LogP contribution is 2.18. The van der Waals surface area contributed by atoms with Gasteiger partial charge >= 0.3 is 5.97 Å². The molecule has 0 aliphatic carbocycles. The van der Waals surface area contributed by atoms with Crippen molar-refractivity contribution in [1.29, 1.82) is 0 Å². The normalized spacial score (nSPS) is 17.7. The van der Waals surface area contributed by atoms with Crippen molar-refractivity contribution in [3.05, 3.63) is 22.4 Å². The summed E-state index contributed by atoms with van der Waals surface area (Å²) in [5.41, 5.74) is 0.622. The van der Waals surface area contributed by atoms with Crippen LogP contribution in [0.4, 0.5) is 0 Å². The average molecular weight is 310 g/mol. The molecule has 2 amide bonds. The molecule has 0 radical (unpaired) electrons. The highest BCUT2D eigenvalue weighted by molar-refractivity contribution is 7.08. The Hall–Kier alpha value is -1.89. The Morgan fingerprint density at radius 1 is 1.43 bits per heavy atom. The zero-order valence-corrected chi connectivity index (χ0v) is 12.4. The molecule has 2 rings (SSSR count). The number of hydrogen-bond donors (Lipinski definition) is 2.